The Hall–Kier alpha value is -1.64. The first-order valence-electron chi connectivity index (χ1n) is 6.65. The quantitative estimate of drug-likeness (QED) is 0.753. The van der Waals surface area contributed by atoms with Gasteiger partial charge in [-0.1, -0.05) is 38.5 Å². The number of para-hydroxylation sites is 1. The Morgan fingerprint density at radius 2 is 2.06 bits per heavy atom. The summed E-state index contributed by atoms with van der Waals surface area (Å²) in [5.74, 6) is 0.296. The first-order valence-corrected chi connectivity index (χ1v) is 6.65. The second-order valence-corrected chi connectivity index (χ2v) is 4.75. The number of hydrogen-bond donors (Lipinski definition) is 0. The van der Waals surface area contributed by atoms with Crippen LogP contribution >= 0.6 is 0 Å². The molecule has 0 aliphatic carbocycles. The molecule has 2 aromatic rings. The summed E-state index contributed by atoms with van der Waals surface area (Å²) < 4.78 is 1.79. The average Bonchev–Trinajstić information content (AvgIpc) is 2.73. The van der Waals surface area contributed by atoms with Gasteiger partial charge >= 0.3 is 0 Å². The zero-order valence-electron chi connectivity index (χ0n) is 11.3. The van der Waals surface area contributed by atoms with E-state index in [2.05, 4.69) is 18.9 Å². The summed E-state index contributed by atoms with van der Waals surface area (Å²) >= 11 is 0. The molecular formula is C15H20N2O. The van der Waals surface area contributed by atoms with Crippen LogP contribution in [0, 0.1) is 5.92 Å². The lowest BCUT2D eigenvalue weighted by molar-refractivity contribution is 0.0905. The molecule has 3 nitrogen and oxygen atoms in total. The number of nitrogens with zero attached hydrogens (tertiary/aromatic N) is 2. The predicted molar refractivity (Wildman–Crippen MR) is 73.7 cm³/mol. The van der Waals surface area contributed by atoms with Crippen molar-refractivity contribution < 1.29 is 4.79 Å². The highest BCUT2D eigenvalue weighted by molar-refractivity contribution is 6.07. The number of aryl methyl sites for hydroxylation is 1. The molecule has 0 spiro atoms. The minimum Gasteiger partial charge on any atom is -0.292 e. The molecule has 0 saturated heterocycles. The van der Waals surface area contributed by atoms with Crippen molar-refractivity contribution in [3.05, 3.63) is 30.0 Å². The molecule has 3 heteroatoms. The van der Waals surface area contributed by atoms with Gasteiger partial charge in [-0.25, -0.2) is 0 Å². The standard InChI is InChI=1S/C15H20N2O/c1-4-8-11(5-2)15(18)14-12-9-6-7-10-13(12)17(3)16-14/h6-7,9-11H,4-5,8H2,1-3H3. The number of carbonyl (C=O) groups is 1. The highest BCUT2D eigenvalue weighted by Gasteiger charge is 2.22. The number of rotatable bonds is 5. The molecule has 2 rings (SSSR count). The molecule has 0 saturated carbocycles. The third-order valence-electron chi connectivity index (χ3n) is 3.49. The third kappa shape index (κ3) is 2.17. The molecule has 0 amide bonds. The molecule has 1 aromatic heterocycles. The van der Waals surface area contributed by atoms with Crippen molar-refractivity contribution >= 4 is 16.7 Å². The van der Waals surface area contributed by atoms with Crippen LogP contribution in [0.15, 0.2) is 24.3 Å². The van der Waals surface area contributed by atoms with Crippen molar-refractivity contribution in [2.45, 2.75) is 33.1 Å². The van der Waals surface area contributed by atoms with Crippen LogP contribution in [0.25, 0.3) is 10.9 Å². The van der Waals surface area contributed by atoms with Gasteiger partial charge in [-0.2, -0.15) is 5.10 Å². The van der Waals surface area contributed by atoms with Gasteiger partial charge in [0.15, 0.2) is 5.78 Å². The molecule has 0 radical (unpaired) electrons. The predicted octanol–water partition coefficient (Wildman–Crippen LogP) is 3.58. The third-order valence-corrected chi connectivity index (χ3v) is 3.49. The Bertz CT molecular complexity index is 557. The second kappa shape index (κ2) is 5.34. The van der Waals surface area contributed by atoms with E-state index in [1.165, 1.54) is 0 Å². The Morgan fingerprint density at radius 1 is 1.33 bits per heavy atom. The van der Waals surface area contributed by atoms with Gasteiger partial charge in [-0.3, -0.25) is 9.48 Å². The molecule has 96 valence electrons. The van der Waals surface area contributed by atoms with E-state index in [0.717, 1.165) is 30.2 Å². The lowest BCUT2D eigenvalue weighted by Gasteiger charge is -2.10. The molecule has 0 N–H and O–H groups in total. The van der Waals surface area contributed by atoms with Crippen molar-refractivity contribution in [2.75, 3.05) is 0 Å². The van der Waals surface area contributed by atoms with Crippen LogP contribution in [0.2, 0.25) is 0 Å². The fraction of sp³-hybridized carbons (Fsp3) is 0.467. The molecule has 0 aliphatic heterocycles. The number of fused-ring (bicyclic) bond motifs is 1. The largest absolute Gasteiger partial charge is 0.292 e. The maximum atomic E-state index is 12.5. The van der Waals surface area contributed by atoms with Gasteiger partial charge in [-0.05, 0) is 18.9 Å². The van der Waals surface area contributed by atoms with E-state index in [4.69, 9.17) is 0 Å². The van der Waals surface area contributed by atoms with Crippen molar-refractivity contribution in [3.8, 4) is 0 Å². The smallest absolute Gasteiger partial charge is 0.186 e. The lowest BCUT2D eigenvalue weighted by atomic mass is 9.93. The molecule has 1 heterocycles. The van der Waals surface area contributed by atoms with Gasteiger partial charge in [-0.15, -0.1) is 0 Å². The summed E-state index contributed by atoms with van der Waals surface area (Å²) in [4.78, 5) is 12.5. The number of Topliss-reactive ketones (excluding diaryl/α,β-unsaturated/α-hetero) is 1. The van der Waals surface area contributed by atoms with Gasteiger partial charge in [0.25, 0.3) is 0 Å². The van der Waals surface area contributed by atoms with E-state index in [1.54, 1.807) is 4.68 Å². The molecule has 1 unspecified atom stereocenters. The molecule has 0 aliphatic rings. The van der Waals surface area contributed by atoms with Crippen molar-refractivity contribution in [1.82, 2.24) is 9.78 Å². The van der Waals surface area contributed by atoms with E-state index in [9.17, 15) is 4.79 Å². The van der Waals surface area contributed by atoms with Crippen LogP contribution in [0.5, 0.6) is 0 Å². The maximum absolute atomic E-state index is 12.5. The summed E-state index contributed by atoms with van der Waals surface area (Å²) in [6.07, 6.45) is 2.87. The maximum Gasteiger partial charge on any atom is 0.186 e. The Labute approximate surface area is 108 Å². The normalized spacial score (nSPS) is 12.8. The van der Waals surface area contributed by atoms with Crippen LogP contribution in [-0.2, 0) is 7.05 Å². The average molecular weight is 244 g/mol. The zero-order valence-corrected chi connectivity index (χ0v) is 11.3. The first kappa shape index (κ1) is 12.8. The molecular weight excluding hydrogens is 224 g/mol. The molecule has 0 fully saturated rings. The summed E-state index contributed by atoms with van der Waals surface area (Å²) in [6, 6.07) is 7.91. The highest BCUT2D eigenvalue weighted by Crippen LogP contribution is 2.23. The Morgan fingerprint density at radius 3 is 2.72 bits per heavy atom. The zero-order chi connectivity index (χ0) is 13.1. The number of ketones is 1. The lowest BCUT2D eigenvalue weighted by Crippen LogP contribution is -2.15. The number of benzene rings is 1. The van der Waals surface area contributed by atoms with Crippen LogP contribution in [0.1, 0.15) is 43.6 Å². The van der Waals surface area contributed by atoms with Crippen LogP contribution in [0.4, 0.5) is 0 Å². The van der Waals surface area contributed by atoms with Crippen molar-refractivity contribution in [3.63, 3.8) is 0 Å². The van der Waals surface area contributed by atoms with E-state index in [0.29, 0.717) is 5.69 Å². The van der Waals surface area contributed by atoms with Gasteiger partial charge in [0.2, 0.25) is 0 Å². The number of hydrogen-bond acceptors (Lipinski definition) is 2. The van der Waals surface area contributed by atoms with Crippen LogP contribution < -0.4 is 0 Å². The van der Waals surface area contributed by atoms with E-state index in [1.807, 2.05) is 31.3 Å². The minimum absolute atomic E-state index is 0.105. The Balaban J connectivity index is 2.44. The minimum atomic E-state index is 0.105. The summed E-state index contributed by atoms with van der Waals surface area (Å²) in [7, 11) is 1.89. The Kier molecular flexibility index (Phi) is 3.80. The van der Waals surface area contributed by atoms with E-state index >= 15 is 0 Å². The second-order valence-electron chi connectivity index (χ2n) is 4.75. The summed E-state index contributed by atoms with van der Waals surface area (Å²) in [5.41, 5.74) is 1.65. The van der Waals surface area contributed by atoms with Crippen molar-refractivity contribution in [1.29, 1.82) is 0 Å². The molecule has 0 bridgehead atoms. The van der Waals surface area contributed by atoms with Crippen LogP contribution in [0.3, 0.4) is 0 Å². The van der Waals surface area contributed by atoms with Gasteiger partial charge in [0, 0.05) is 18.4 Å². The molecule has 1 aromatic carbocycles. The number of aromatic nitrogens is 2. The van der Waals surface area contributed by atoms with Gasteiger partial charge in [0.05, 0.1) is 5.52 Å². The van der Waals surface area contributed by atoms with Gasteiger partial charge < -0.3 is 0 Å². The van der Waals surface area contributed by atoms with E-state index < -0.39 is 0 Å². The van der Waals surface area contributed by atoms with Gasteiger partial charge in [0.1, 0.15) is 5.69 Å². The van der Waals surface area contributed by atoms with E-state index in [-0.39, 0.29) is 11.7 Å². The highest BCUT2D eigenvalue weighted by atomic mass is 16.1. The summed E-state index contributed by atoms with van der Waals surface area (Å²) in [6.45, 7) is 4.19. The monoisotopic (exact) mass is 244 g/mol. The summed E-state index contributed by atoms with van der Waals surface area (Å²) in [5, 5.41) is 5.38. The number of carbonyl (C=O) groups excluding carboxylic acids is 1. The van der Waals surface area contributed by atoms with Crippen LogP contribution in [-0.4, -0.2) is 15.6 Å². The fourth-order valence-electron chi connectivity index (χ4n) is 2.46. The molecule has 1 atom stereocenters. The van der Waals surface area contributed by atoms with Crippen molar-refractivity contribution in [2.24, 2.45) is 13.0 Å². The fourth-order valence-corrected chi connectivity index (χ4v) is 2.46. The first-order chi connectivity index (χ1) is 8.69. The SMILES string of the molecule is CCCC(CC)C(=O)c1nn(C)c2ccccc12. The molecule has 18 heavy (non-hydrogen) atoms. The topological polar surface area (TPSA) is 34.9 Å².